The summed E-state index contributed by atoms with van der Waals surface area (Å²) in [6, 6.07) is 5.06. The highest BCUT2D eigenvalue weighted by atomic mass is 16.5. The minimum absolute atomic E-state index is 0.0736. The summed E-state index contributed by atoms with van der Waals surface area (Å²) in [5.41, 5.74) is 5.81. The van der Waals surface area contributed by atoms with Crippen molar-refractivity contribution in [2.75, 3.05) is 36.5 Å². The lowest BCUT2D eigenvalue weighted by atomic mass is 9.68. The number of rotatable bonds is 8. The van der Waals surface area contributed by atoms with Crippen molar-refractivity contribution in [3.63, 3.8) is 0 Å². The van der Waals surface area contributed by atoms with Gasteiger partial charge in [-0.3, -0.25) is 9.59 Å². The molecule has 11 nitrogen and oxygen atoms in total. The predicted octanol–water partition coefficient (Wildman–Crippen LogP) is 2.86. The molecule has 4 heterocycles. The maximum Gasteiger partial charge on any atom is 0.311 e. The molecule has 190 valence electrons. The van der Waals surface area contributed by atoms with Crippen LogP contribution >= 0.6 is 0 Å². The van der Waals surface area contributed by atoms with E-state index in [4.69, 9.17) is 15.5 Å². The van der Waals surface area contributed by atoms with Crippen LogP contribution in [0.3, 0.4) is 0 Å². The Kier molecular flexibility index (Phi) is 6.73. The number of hydrogen-bond acceptors (Lipinski definition) is 8. The fraction of sp³-hybridized carbons (Fsp3) is 0.480. The Bertz CT molecular complexity index is 1230. The number of carbonyl (C=O) groups is 2. The van der Waals surface area contributed by atoms with Gasteiger partial charge in [-0.15, -0.1) is 0 Å². The normalized spacial score (nSPS) is 18.6. The van der Waals surface area contributed by atoms with Gasteiger partial charge in [0.2, 0.25) is 11.9 Å². The molecule has 1 saturated heterocycles. The Morgan fingerprint density at radius 1 is 1.11 bits per heavy atom. The Balaban J connectivity index is 1.44. The van der Waals surface area contributed by atoms with Gasteiger partial charge in [0.25, 0.3) is 0 Å². The van der Waals surface area contributed by atoms with Crippen LogP contribution in [0.5, 0.6) is 0 Å². The number of aliphatic carboxylic acids is 1. The fourth-order valence-electron chi connectivity index (χ4n) is 5.44. The highest BCUT2D eigenvalue weighted by Crippen LogP contribution is 2.47. The van der Waals surface area contributed by atoms with Crippen molar-refractivity contribution in [2.45, 2.75) is 44.6 Å². The second kappa shape index (κ2) is 10.1. The van der Waals surface area contributed by atoms with Crippen molar-refractivity contribution in [1.29, 1.82) is 0 Å². The molecule has 1 saturated carbocycles. The number of fused-ring (bicyclic) bond motifs is 1. The van der Waals surface area contributed by atoms with Crippen LogP contribution in [0.2, 0.25) is 0 Å². The molecular formula is C25H31N7O4. The Morgan fingerprint density at radius 2 is 1.89 bits per heavy atom. The molecule has 1 aliphatic carbocycles. The molecule has 36 heavy (non-hydrogen) atoms. The molecule has 11 heteroatoms. The lowest BCUT2D eigenvalue weighted by Crippen LogP contribution is -2.43. The number of anilines is 3. The maximum absolute atomic E-state index is 12.6. The second-order valence-corrected chi connectivity index (χ2v) is 9.53. The molecule has 2 fully saturated rings. The van der Waals surface area contributed by atoms with Gasteiger partial charge < -0.3 is 30.4 Å². The topological polar surface area (TPSA) is 148 Å². The monoisotopic (exact) mass is 493 g/mol. The molecule has 0 aromatic carbocycles. The van der Waals surface area contributed by atoms with Crippen LogP contribution in [-0.2, 0) is 14.3 Å². The maximum atomic E-state index is 12.6. The zero-order valence-corrected chi connectivity index (χ0v) is 20.1. The van der Waals surface area contributed by atoms with Crippen LogP contribution in [0.25, 0.3) is 11.0 Å². The van der Waals surface area contributed by atoms with Crippen LogP contribution in [0, 0.1) is 5.41 Å². The van der Waals surface area contributed by atoms with Gasteiger partial charge in [0, 0.05) is 37.3 Å². The summed E-state index contributed by atoms with van der Waals surface area (Å²) in [6.07, 6.45) is 8.71. The van der Waals surface area contributed by atoms with Gasteiger partial charge in [-0.05, 0) is 31.0 Å². The summed E-state index contributed by atoms with van der Waals surface area (Å²) < 4.78 is 7.20. The van der Waals surface area contributed by atoms with Crippen molar-refractivity contribution in [2.24, 2.45) is 11.1 Å². The van der Waals surface area contributed by atoms with Crippen molar-refractivity contribution in [3.8, 4) is 0 Å². The van der Waals surface area contributed by atoms with Crippen molar-refractivity contribution < 1.29 is 19.4 Å². The number of nitrogens with one attached hydrogen (secondary N) is 1. The number of hydrogen-bond donors (Lipinski definition) is 3. The summed E-state index contributed by atoms with van der Waals surface area (Å²) in [4.78, 5) is 40.4. The van der Waals surface area contributed by atoms with Gasteiger partial charge in [-0.2, -0.15) is 4.98 Å². The molecule has 3 aromatic heterocycles. The molecule has 5 rings (SSSR count). The highest BCUT2D eigenvalue weighted by Gasteiger charge is 2.48. The van der Waals surface area contributed by atoms with Crippen molar-refractivity contribution in [3.05, 3.63) is 36.8 Å². The average Bonchev–Trinajstić information content (AvgIpc) is 3.31. The van der Waals surface area contributed by atoms with E-state index in [0.717, 1.165) is 49.2 Å². The fourth-order valence-corrected chi connectivity index (χ4v) is 5.44. The molecule has 1 amide bonds. The number of primary amides is 1. The molecular weight excluding hydrogens is 462 g/mol. The quantitative estimate of drug-likeness (QED) is 0.431. The van der Waals surface area contributed by atoms with E-state index >= 15 is 0 Å². The van der Waals surface area contributed by atoms with E-state index in [1.165, 1.54) is 0 Å². The molecule has 1 atom stereocenters. The molecule has 4 N–H and O–H groups in total. The van der Waals surface area contributed by atoms with Gasteiger partial charge >= 0.3 is 5.97 Å². The first-order valence-corrected chi connectivity index (χ1v) is 12.4. The van der Waals surface area contributed by atoms with Crippen molar-refractivity contribution in [1.82, 2.24) is 19.5 Å². The molecule has 3 aromatic rings. The average molecular weight is 494 g/mol. The number of ether oxygens (including phenoxy) is 1. The summed E-state index contributed by atoms with van der Waals surface area (Å²) >= 11 is 0. The third-order valence-corrected chi connectivity index (χ3v) is 7.33. The van der Waals surface area contributed by atoms with Gasteiger partial charge in [-0.25, -0.2) is 9.97 Å². The van der Waals surface area contributed by atoms with E-state index in [9.17, 15) is 14.7 Å². The van der Waals surface area contributed by atoms with E-state index in [0.29, 0.717) is 37.7 Å². The number of nitrogens with zero attached hydrogens (tertiary/aromatic N) is 5. The molecule has 0 spiro atoms. The molecule has 2 aliphatic rings. The third kappa shape index (κ3) is 4.70. The van der Waals surface area contributed by atoms with Crippen LogP contribution in [0.1, 0.15) is 44.6 Å². The lowest BCUT2D eigenvalue weighted by Gasteiger charge is -2.40. The highest BCUT2D eigenvalue weighted by molar-refractivity contribution is 5.82. The standard InChI is InChI=1S/C25H31N7O4/c26-20(33)14-19(25(23(34)35)7-2-1-3-8-25)32-9-6-17-15-28-24(30-22(17)32)29-18-4-5-21(27-16-18)31-10-12-36-13-11-31/h4-6,9,15-16,19H,1-3,7-8,10-14H2,(H2,26,33)(H,34,35)(H,28,29,30). The summed E-state index contributed by atoms with van der Waals surface area (Å²) in [5.74, 6) is -0.190. The number of amides is 1. The van der Waals surface area contributed by atoms with Gasteiger partial charge in [0.15, 0.2) is 0 Å². The summed E-state index contributed by atoms with van der Waals surface area (Å²) in [6.45, 7) is 2.99. The van der Waals surface area contributed by atoms with E-state index in [-0.39, 0.29) is 6.42 Å². The number of carboxylic acid groups (broad SMARTS) is 1. The first-order valence-electron chi connectivity index (χ1n) is 12.4. The molecule has 1 unspecified atom stereocenters. The number of carboxylic acids is 1. The zero-order valence-electron chi connectivity index (χ0n) is 20.1. The van der Waals surface area contributed by atoms with Crippen LogP contribution < -0.4 is 16.0 Å². The van der Waals surface area contributed by atoms with E-state index < -0.39 is 23.3 Å². The minimum atomic E-state index is -1.07. The minimum Gasteiger partial charge on any atom is -0.481 e. The number of pyridine rings is 1. The summed E-state index contributed by atoms with van der Waals surface area (Å²) in [5, 5.41) is 14.2. The van der Waals surface area contributed by atoms with Crippen LogP contribution in [-0.4, -0.2) is 62.8 Å². The first kappa shape index (κ1) is 24.0. The Labute approximate surface area is 208 Å². The second-order valence-electron chi connectivity index (χ2n) is 9.53. The van der Waals surface area contributed by atoms with Gasteiger partial charge in [0.05, 0.1) is 36.6 Å². The Morgan fingerprint density at radius 3 is 2.56 bits per heavy atom. The van der Waals surface area contributed by atoms with Gasteiger partial charge in [-0.1, -0.05) is 19.3 Å². The van der Waals surface area contributed by atoms with E-state index in [2.05, 4.69) is 20.2 Å². The SMILES string of the molecule is NC(=O)CC(n1ccc2cnc(Nc3ccc(N4CCOCC4)nc3)nc21)C1(C(=O)O)CCCCC1. The van der Waals surface area contributed by atoms with Gasteiger partial charge in [0.1, 0.15) is 11.5 Å². The zero-order chi connectivity index (χ0) is 25.1. The molecule has 1 aliphatic heterocycles. The molecule has 0 bridgehead atoms. The smallest absolute Gasteiger partial charge is 0.311 e. The number of aromatic nitrogens is 4. The number of morpholine rings is 1. The Hall–Kier alpha value is -3.73. The summed E-state index contributed by atoms with van der Waals surface area (Å²) in [7, 11) is 0. The number of nitrogens with two attached hydrogens (primary N) is 1. The van der Waals surface area contributed by atoms with Crippen molar-refractivity contribution >= 4 is 40.4 Å². The molecule has 0 radical (unpaired) electrons. The number of carbonyl (C=O) groups excluding carboxylic acids is 1. The largest absolute Gasteiger partial charge is 0.481 e. The van der Waals surface area contributed by atoms with E-state index in [1.807, 2.05) is 18.2 Å². The predicted molar refractivity (Wildman–Crippen MR) is 134 cm³/mol. The van der Waals surface area contributed by atoms with Crippen LogP contribution in [0.15, 0.2) is 36.8 Å². The third-order valence-electron chi connectivity index (χ3n) is 7.33. The van der Waals surface area contributed by atoms with Crippen LogP contribution in [0.4, 0.5) is 17.5 Å². The first-order chi connectivity index (χ1) is 17.5. The lowest BCUT2D eigenvalue weighted by molar-refractivity contribution is -0.155. The van der Waals surface area contributed by atoms with E-state index in [1.54, 1.807) is 23.2 Å².